The number of hydrogen-bond acceptors (Lipinski definition) is 3. The van der Waals surface area contributed by atoms with E-state index < -0.39 is 17.6 Å². The number of ether oxygens (including phenoxy) is 1. The standard InChI is InChI=1S/C38H45FN4O2/c1-5-6-18-37(43(3)4)19-21-38(22-20-37,34-25(2)29-23-27(39)16-17-32(29)41-34)35-30(28-14-10-11-15-31(28)42-35)24-33(45-36(40)44)26-12-8-7-9-13-26/h7-17,23,33,41-42H,5-6,18-22,24H2,1-4H3,(H2,40,44). The summed E-state index contributed by atoms with van der Waals surface area (Å²) in [6.07, 6.45) is 6.52. The Morgan fingerprint density at radius 1 is 0.933 bits per heavy atom. The van der Waals surface area contributed by atoms with E-state index in [2.05, 4.69) is 61.0 Å². The van der Waals surface area contributed by atoms with Gasteiger partial charge in [-0.25, -0.2) is 9.18 Å². The average molecular weight is 609 g/mol. The summed E-state index contributed by atoms with van der Waals surface area (Å²) in [5.74, 6) is -0.236. The van der Waals surface area contributed by atoms with Crippen LogP contribution in [0, 0.1) is 12.7 Å². The number of aromatic amines is 2. The smallest absolute Gasteiger partial charge is 0.405 e. The SMILES string of the molecule is CCCCC1(N(C)C)CCC(c2[nH]c3ccc(F)cc3c2C)(c2[nH]c3ccccc3c2CC(OC(N)=O)c2ccccc2)CC1. The fourth-order valence-electron chi connectivity index (χ4n) is 8.01. The number of carbonyl (C=O) groups is 1. The Bertz CT molecular complexity index is 1800. The number of aryl methyl sites for hydroxylation is 1. The van der Waals surface area contributed by atoms with Gasteiger partial charge in [-0.05, 0) is 94.1 Å². The number of carbonyl (C=O) groups excluding carboxylic acids is 1. The Morgan fingerprint density at radius 2 is 1.60 bits per heavy atom. The van der Waals surface area contributed by atoms with E-state index in [1.807, 2.05) is 42.5 Å². The Balaban J connectivity index is 1.56. The van der Waals surface area contributed by atoms with Crippen LogP contribution in [0.5, 0.6) is 0 Å². The third-order valence-corrected chi connectivity index (χ3v) is 10.6. The lowest BCUT2D eigenvalue weighted by atomic mass is 9.61. The van der Waals surface area contributed by atoms with Gasteiger partial charge in [0, 0.05) is 45.2 Å². The number of aromatic nitrogens is 2. The molecule has 1 fully saturated rings. The van der Waals surface area contributed by atoms with Crippen LogP contribution < -0.4 is 5.73 Å². The van der Waals surface area contributed by atoms with Crippen molar-refractivity contribution in [3.05, 3.63) is 107 Å². The van der Waals surface area contributed by atoms with E-state index in [4.69, 9.17) is 10.5 Å². The lowest BCUT2D eigenvalue weighted by Crippen LogP contribution is -2.51. The van der Waals surface area contributed by atoms with E-state index >= 15 is 0 Å². The number of primary amides is 1. The highest BCUT2D eigenvalue weighted by molar-refractivity contribution is 5.88. The van der Waals surface area contributed by atoms with Crippen molar-refractivity contribution in [3.8, 4) is 0 Å². The van der Waals surface area contributed by atoms with Gasteiger partial charge in [-0.3, -0.25) is 0 Å². The molecule has 6 nitrogen and oxygen atoms in total. The maximum Gasteiger partial charge on any atom is 0.405 e. The molecule has 236 valence electrons. The van der Waals surface area contributed by atoms with Gasteiger partial charge in [-0.2, -0.15) is 0 Å². The number of unbranched alkanes of at least 4 members (excludes halogenated alkanes) is 1. The minimum absolute atomic E-state index is 0.110. The van der Waals surface area contributed by atoms with Crippen LogP contribution in [0.15, 0.2) is 72.8 Å². The second kappa shape index (κ2) is 12.4. The van der Waals surface area contributed by atoms with E-state index in [9.17, 15) is 9.18 Å². The number of para-hydroxylation sites is 1. The van der Waals surface area contributed by atoms with E-state index in [1.54, 1.807) is 6.07 Å². The Kier molecular flexibility index (Phi) is 8.49. The van der Waals surface area contributed by atoms with Gasteiger partial charge < -0.3 is 25.3 Å². The molecule has 0 aliphatic heterocycles. The summed E-state index contributed by atoms with van der Waals surface area (Å²) < 4.78 is 20.3. The number of H-pyrrole nitrogens is 2. The monoisotopic (exact) mass is 608 g/mol. The maximum atomic E-state index is 14.5. The van der Waals surface area contributed by atoms with Gasteiger partial charge >= 0.3 is 6.09 Å². The van der Waals surface area contributed by atoms with Gasteiger partial charge in [0.25, 0.3) is 0 Å². The topological polar surface area (TPSA) is 87.1 Å². The molecule has 6 rings (SSSR count). The van der Waals surface area contributed by atoms with Crippen molar-refractivity contribution in [1.29, 1.82) is 0 Å². The third-order valence-electron chi connectivity index (χ3n) is 10.6. The highest BCUT2D eigenvalue weighted by atomic mass is 19.1. The minimum Gasteiger partial charge on any atom is -0.441 e. The largest absolute Gasteiger partial charge is 0.441 e. The quantitative estimate of drug-likeness (QED) is 0.148. The van der Waals surface area contributed by atoms with Crippen LogP contribution in [-0.2, 0) is 16.6 Å². The molecule has 0 saturated heterocycles. The Labute approximate surface area is 265 Å². The molecule has 1 aliphatic carbocycles. The first kappa shape index (κ1) is 30.9. The van der Waals surface area contributed by atoms with Crippen LogP contribution in [0.3, 0.4) is 0 Å². The average Bonchev–Trinajstić information content (AvgIpc) is 3.58. The molecule has 0 bridgehead atoms. The molecule has 1 amide bonds. The van der Waals surface area contributed by atoms with Gasteiger partial charge in [0.15, 0.2) is 0 Å². The van der Waals surface area contributed by atoms with Crippen LogP contribution in [-0.4, -0.2) is 40.6 Å². The fraction of sp³-hybridized carbons (Fsp3) is 0.395. The molecule has 4 N–H and O–H groups in total. The molecule has 3 aromatic carbocycles. The number of fused-ring (bicyclic) bond motifs is 2. The molecule has 1 aliphatic rings. The number of amides is 1. The number of benzene rings is 3. The summed E-state index contributed by atoms with van der Waals surface area (Å²) >= 11 is 0. The minimum atomic E-state index is -0.794. The molecule has 1 unspecified atom stereocenters. The molecule has 1 atom stereocenters. The van der Waals surface area contributed by atoms with Gasteiger partial charge in [0.05, 0.1) is 5.41 Å². The lowest BCUT2D eigenvalue weighted by Gasteiger charge is -2.50. The maximum absolute atomic E-state index is 14.5. The number of hydrogen-bond donors (Lipinski definition) is 3. The van der Waals surface area contributed by atoms with Gasteiger partial charge in [-0.15, -0.1) is 0 Å². The summed E-state index contributed by atoms with van der Waals surface area (Å²) in [7, 11) is 4.44. The molecular formula is C38H45FN4O2. The normalized spacial score (nSPS) is 21.0. The predicted octanol–water partition coefficient (Wildman–Crippen LogP) is 8.83. The van der Waals surface area contributed by atoms with Crippen molar-refractivity contribution in [2.45, 2.75) is 82.3 Å². The molecule has 7 heteroatoms. The van der Waals surface area contributed by atoms with Crippen molar-refractivity contribution in [2.75, 3.05) is 14.1 Å². The first-order valence-electron chi connectivity index (χ1n) is 16.2. The number of nitrogens with zero attached hydrogens (tertiary/aromatic N) is 1. The highest BCUT2D eigenvalue weighted by Crippen LogP contribution is 2.53. The first-order chi connectivity index (χ1) is 21.7. The molecular weight excluding hydrogens is 563 g/mol. The molecule has 0 spiro atoms. The van der Waals surface area contributed by atoms with E-state index in [0.717, 1.165) is 82.0 Å². The fourth-order valence-corrected chi connectivity index (χ4v) is 8.01. The Morgan fingerprint density at radius 3 is 2.29 bits per heavy atom. The summed E-state index contributed by atoms with van der Waals surface area (Å²) in [6, 6.07) is 23.2. The molecule has 1 saturated carbocycles. The van der Waals surface area contributed by atoms with Crippen LogP contribution in [0.4, 0.5) is 9.18 Å². The van der Waals surface area contributed by atoms with Crippen LogP contribution in [0.1, 0.15) is 86.1 Å². The zero-order valence-corrected chi connectivity index (χ0v) is 26.9. The summed E-state index contributed by atoms with van der Waals surface area (Å²) in [4.78, 5) is 22.3. The zero-order chi connectivity index (χ0) is 31.8. The third kappa shape index (κ3) is 5.63. The molecule has 45 heavy (non-hydrogen) atoms. The number of nitrogens with two attached hydrogens (primary N) is 1. The second-order valence-corrected chi connectivity index (χ2v) is 13.2. The van der Waals surface area contributed by atoms with Crippen molar-refractivity contribution in [3.63, 3.8) is 0 Å². The number of rotatable bonds is 10. The van der Waals surface area contributed by atoms with E-state index in [1.165, 1.54) is 18.9 Å². The van der Waals surface area contributed by atoms with Crippen LogP contribution in [0.2, 0.25) is 0 Å². The van der Waals surface area contributed by atoms with Crippen LogP contribution >= 0.6 is 0 Å². The van der Waals surface area contributed by atoms with E-state index in [0.29, 0.717) is 6.42 Å². The second-order valence-electron chi connectivity index (χ2n) is 13.2. The molecule has 0 radical (unpaired) electrons. The van der Waals surface area contributed by atoms with Crippen molar-refractivity contribution < 1.29 is 13.9 Å². The molecule has 2 aromatic heterocycles. The van der Waals surface area contributed by atoms with Crippen molar-refractivity contribution in [1.82, 2.24) is 14.9 Å². The highest BCUT2D eigenvalue weighted by Gasteiger charge is 2.49. The number of nitrogens with one attached hydrogen (secondary N) is 2. The van der Waals surface area contributed by atoms with Crippen molar-refractivity contribution >= 4 is 27.9 Å². The lowest BCUT2D eigenvalue weighted by molar-refractivity contribution is 0.0639. The number of halogens is 1. The zero-order valence-electron chi connectivity index (χ0n) is 26.9. The first-order valence-corrected chi connectivity index (χ1v) is 16.2. The summed E-state index contributed by atoms with van der Waals surface area (Å²) in [5, 5.41) is 2.02. The van der Waals surface area contributed by atoms with Gasteiger partial charge in [0.1, 0.15) is 11.9 Å². The molecule has 5 aromatic rings. The van der Waals surface area contributed by atoms with Crippen LogP contribution in [0.25, 0.3) is 21.8 Å². The van der Waals surface area contributed by atoms with Gasteiger partial charge in [-0.1, -0.05) is 68.3 Å². The molecule has 2 heterocycles. The Hall–Kier alpha value is -4.10. The van der Waals surface area contributed by atoms with Gasteiger partial charge in [0.2, 0.25) is 0 Å². The van der Waals surface area contributed by atoms with E-state index in [-0.39, 0.29) is 11.4 Å². The summed E-state index contributed by atoms with van der Waals surface area (Å²) in [5.41, 5.74) is 12.7. The van der Waals surface area contributed by atoms with Crippen molar-refractivity contribution in [2.24, 2.45) is 5.73 Å². The predicted molar refractivity (Wildman–Crippen MR) is 180 cm³/mol. The summed E-state index contributed by atoms with van der Waals surface area (Å²) in [6.45, 7) is 4.38.